The van der Waals surface area contributed by atoms with Crippen LogP contribution in [0.2, 0.25) is 0 Å². The SMILES string of the molecule is COC(=O)[C@H]1[C@H](C(C)(C)C)C(=O)[C@@H](c2ccccc2)N1C(=O)CC1CCCC1. The van der Waals surface area contributed by atoms with E-state index in [1.54, 1.807) is 0 Å². The first-order chi connectivity index (χ1) is 13.3. The molecule has 1 amide bonds. The third kappa shape index (κ3) is 3.85. The third-order valence-corrected chi connectivity index (χ3v) is 6.19. The molecular formula is C23H31NO4. The number of ketones is 1. The first kappa shape index (κ1) is 20.6. The lowest BCUT2D eigenvalue weighted by atomic mass is 9.74. The molecule has 0 aromatic heterocycles. The Kier molecular flexibility index (Phi) is 5.92. The van der Waals surface area contributed by atoms with E-state index in [9.17, 15) is 14.4 Å². The number of methoxy groups -OCH3 is 1. The topological polar surface area (TPSA) is 63.7 Å². The van der Waals surface area contributed by atoms with Crippen LogP contribution in [0.25, 0.3) is 0 Å². The number of hydrogen-bond donors (Lipinski definition) is 0. The number of ether oxygens (including phenoxy) is 1. The Balaban J connectivity index is 2.05. The monoisotopic (exact) mass is 385 g/mol. The van der Waals surface area contributed by atoms with Crippen molar-refractivity contribution in [3.05, 3.63) is 35.9 Å². The summed E-state index contributed by atoms with van der Waals surface area (Å²) in [5.41, 5.74) is 0.290. The van der Waals surface area contributed by atoms with E-state index < -0.39 is 29.4 Å². The number of rotatable bonds is 4. The number of carbonyl (C=O) groups excluding carboxylic acids is 3. The first-order valence-corrected chi connectivity index (χ1v) is 10.2. The maximum atomic E-state index is 13.5. The molecule has 5 heteroatoms. The zero-order valence-electron chi connectivity index (χ0n) is 17.3. The van der Waals surface area contributed by atoms with Crippen LogP contribution in [0.1, 0.15) is 64.5 Å². The van der Waals surface area contributed by atoms with E-state index in [1.807, 2.05) is 51.1 Å². The van der Waals surface area contributed by atoms with Gasteiger partial charge >= 0.3 is 5.97 Å². The van der Waals surface area contributed by atoms with E-state index in [0.717, 1.165) is 31.2 Å². The second kappa shape index (κ2) is 8.06. The van der Waals surface area contributed by atoms with E-state index in [-0.39, 0.29) is 11.7 Å². The smallest absolute Gasteiger partial charge is 0.329 e. The maximum absolute atomic E-state index is 13.5. The van der Waals surface area contributed by atoms with Crippen molar-refractivity contribution < 1.29 is 19.1 Å². The Bertz CT molecular complexity index is 731. The summed E-state index contributed by atoms with van der Waals surface area (Å²) in [4.78, 5) is 41.3. The highest BCUT2D eigenvalue weighted by Crippen LogP contribution is 2.46. The van der Waals surface area contributed by atoms with Crippen molar-refractivity contribution in [3.63, 3.8) is 0 Å². The van der Waals surface area contributed by atoms with Gasteiger partial charge in [-0.2, -0.15) is 0 Å². The van der Waals surface area contributed by atoms with Crippen molar-refractivity contribution in [2.24, 2.45) is 17.3 Å². The van der Waals surface area contributed by atoms with E-state index in [4.69, 9.17) is 4.74 Å². The molecule has 1 saturated heterocycles. The van der Waals surface area contributed by atoms with Gasteiger partial charge in [0.2, 0.25) is 5.91 Å². The number of Topliss-reactive ketones (excluding diaryl/α,β-unsaturated/α-hetero) is 1. The molecule has 3 atom stereocenters. The van der Waals surface area contributed by atoms with Crippen LogP contribution in [-0.2, 0) is 19.1 Å². The summed E-state index contributed by atoms with van der Waals surface area (Å²) in [5.74, 6) is -0.958. The van der Waals surface area contributed by atoms with Crippen molar-refractivity contribution in [1.82, 2.24) is 4.90 Å². The van der Waals surface area contributed by atoms with Crippen molar-refractivity contribution >= 4 is 17.7 Å². The quantitative estimate of drug-likeness (QED) is 0.737. The minimum Gasteiger partial charge on any atom is -0.467 e. The zero-order valence-corrected chi connectivity index (χ0v) is 17.3. The standard InChI is InChI=1S/C23H31NO4/c1-23(2,3)18-20(22(27)28-4)24(17(25)14-15-10-8-9-11-15)19(21(18)26)16-12-6-5-7-13-16/h5-7,12-13,15,18-20H,8-11,14H2,1-4H3/t18-,19+,20+/m0/s1. The zero-order chi connectivity index (χ0) is 20.5. The molecule has 0 N–H and O–H groups in total. The molecule has 0 unspecified atom stereocenters. The molecule has 2 fully saturated rings. The first-order valence-electron chi connectivity index (χ1n) is 10.2. The van der Waals surface area contributed by atoms with Crippen molar-refractivity contribution in [2.45, 2.75) is 65.0 Å². The Hall–Kier alpha value is -2.17. The largest absolute Gasteiger partial charge is 0.467 e. The molecule has 152 valence electrons. The Morgan fingerprint density at radius 3 is 2.25 bits per heavy atom. The number of likely N-dealkylation sites (tertiary alicyclic amines) is 1. The van der Waals surface area contributed by atoms with Gasteiger partial charge in [0.15, 0.2) is 5.78 Å². The number of carbonyl (C=O) groups is 3. The molecule has 1 aromatic rings. The summed E-state index contributed by atoms with van der Waals surface area (Å²) in [6.07, 6.45) is 4.75. The van der Waals surface area contributed by atoms with Crippen molar-refractivity contribution in [1.29, 1.82) is 0 Å². The lowest BCUT2D eigenvalue weighted by Gasteiger charge is -2.33. The molecule has 0 spiro atoms. The lowest BCUT2D eigenvalue weighted by Crippen LogP contribution is -2.47. The second-order valence-corrected chi connectivity index (χ2v) is 9.18. The minimum absolute atomic E-state index is 0.0751. The minimum atomic E-state index is -0.878. The van der Waals surface area contributed by atoms with E-state index >= 15 is 0 Å². The highest BCUT2D eigenvalue weighted by Gasteiger charge is 2.58. The number of benzene rings is 1. The molecule has 1 heterocycles. The van der Waals surface area contributed by atoms with Gasteiger partial charge in [-0.1, -0.05) is 63.9 Å². The number of esters is 1. The molecule has 5 nitrogen and oxygen atoms in total. The number of amides is 1. The van der Waals surface area contributed by atoms with Crippen LogP contribution in [0, 0.1) is 17.3 Å². The van der Waals surface area contributed by atoms with Crippen LogP contribution in [0.3, 0.4) is 0 Å². The predicted octanol–water partition coefficient (Wildman–Crippen LogP) is 3.92. The summed E-state index contributed by atoms with van der Waals surface area (Å²) in [6.45, 7) is 5.83. The van der Waals surface area contributed by atoms with Crippen LogP contribution in [-0.4, -0.2) is 35.7 Å². The maximum Gasteiger partial charge on any atom is 0.329 e. The Labute approximate surface area is 167 Å². The van der Waals surface area contributed by atoms with Crippen LogP contribution < -0.4 is 0 Å². The van der Waals surface area contributed by atoms with Gasteiger partial charge in [0.25, 0.3) is 0 Å². The second-order valence-electron chi connectivity index (χ2n) is 9.18. The van der Waals surface area contributed by atoms with Crippen LogP contribution in [0.5, 0.6) is 0 Å². The molecule has 28 heavy (non-hydrogen) atoms. The van der Waals surface area contributed by atoms with Gasteiger partial charge in [-0.25, -0.2) is 4.79 Å². The highest BCUT2D eigenvalue weighted by molar-refractivity contribution is 6.02. The molecule has 1 saturated carbocycles. The normalized spacial score (nSPS) is 25.9. The average Bonchev–Trinajstić information content (AvgIpc) is 3.26. The van der Waals surface area contributed by atoms with Crippen LogP contribution >= 0.6 is 0 Å². The molecule has 1 aliphatic heterocycles. The summed E-state index contributed by atoms with van der Waals surface area (Å²) in [6, 6.07) is 7.71. The van der Waals surface area contributed by atoms with Crippen LogP contribution in [0.4, 0.5) is 0 Å². The lowest BCUT2D eigenvalue weighted by molar-refractivity contribution is -0.155. The van der Waals surface area contributed by atoms with Crippen LogP contribution in [0.15, 0.2) is 30.3 Å². The van der Waals surface area contributed by atoms with Crippen molar-refractivity contribution in [2.75, 3.05) is 7.11 Å². The molecule has 3 rings (SSSR count). The predicted molar refractivity (Wildman–Crippen MR) is 106 cm³/mol. The summed E-state index contributed by atoms with van der Waals surface area (Å²) in [5, 5.41) is 0. The molecule has 1 aromatic carbocycles. The fraction of sp³-hybridized carbons (Fsp3) is 0.609. The van der Waals surface area contributed by atoms with Gasteiger partial charge in [0.1, 0.15) is 12.1 Å². The molecule has 2 aliphatic rings. The van der Waals surface area contributed by atoms with Gasteiger partial charge in [-0.15, -0.1) is 0 Å². The molecule has 1 aliphatic carbocycles. The fourth-order valence-electron chi connectivity index (χ4n) is 4.88. The van der Waals surface area contributed by atoms with Gasteiger partial charge < -0.3 is 9.64 Å². The molecule has 0 radical (unpaired) electrons. The Morgan fingerprint density at radius 2 is 1.71 bits per heavy atom. The summed E-state index contributed by atoms with van der Waals surface area (Å²) < 4.78 is 5.06. The summed E-state index contributed by atoms with van der Waals surface area (Å²) >= 11 is 0. The highest BCUT2D eigenvalue weighted by atomic mass is 16.5. The van der Waals surface area contributed by atoms with E-state index in [1.165, 1.54) is 12.0 Å². The van der Waals surface area contributed by atoms with Gasteiger partial charge in [0.05, 0.1) is 13.0 Å². The van der Waals surface area contributed by atoms with Gasteiger partial charge in [0, 0.05) is 6.42 Å². The van der Waals surface area contributed by atoms with Gasteiger partial charge in [-0.05, 0) is 29.7 Å². The number of nitrogens with zero attached hydrogens (tertiary/aromatic N) is 1. The summed E-state index contributed by atoms with van der Waals surface area (Å²) in [7, 11) is 1.32. The molecular weight excluding hydrogens is 354 g/mol. The van der Waals surface area contributed by atoms with Gasteiger partial charge in [-0.3, -0.25) is 9.59 Å². The molecule has 0 bridgehead atoms. The fourth-order valence-corrected chi connectivity index (χ4v) is 4.88. The Morgan fingerprint density at radius 1 is 1.11 bits per heavy atom. The number of hydrogen-bond acceptors (Lipinski definition) is 4. The van der Waals surface area contributed by atoms with E-state index in [0.29, 0.717) is 12.3 Å². The average molecular weight is 386 g/mol. The van der Waals surface area contributed by atoms with Crippen molar-refractivity contribution in [3.8, 4) is 0 Å². The van der Waals surface area contributed by atoms with E-state index in [2.05, 4.69) is 0 Å². The third-order valence-electron chi connectivity index (χ3n) is 6.19.